The first kappa shape index (κ1) is 14.1. The summed E-state index contributed by atoms with van der Waals surface area (Å²) in [7, 11) is 0. The minimum absolute atomic E-state index is 0.133. The van der Waals surface area contributed by atoms with Gasteiger partial charge >= 0.3 is 0 Å². The molecule has 1 amide bonds. The molecule has 9 heteroatoms. The van der Waals surface area contributed by atoms with E-state index in [-0.39, 0.29) is 28.9 Å². The van der Waals surface area contributed by atoms with E-state index >= 15 is 0 Å². The zero-order chi connectivity index (χ0) is 15.5. The lowest BCUT2D eigenvalue weighted by Crippen LogP contribution is -2.18. The van der Waals surface area contributed by atoms with Crippen LogP contribution in [0.3, 0.4) is 0 Å². The number of carbonyl (C=O) groups excluding carboxylic acids is 1. The minimum atomic E-state index is -0.342. The summed E-state index contributed by atoms with van der Waals surface area (Å²) in [6, 6.07) is 8.02. The summed E-state index contributed by atoms with van der Waals surface area (Å²) in [5.74, 6) is 0.764. The first-order valence-electron chi connectivity index (χ1n) is 6.25. The van der Waals surface area contributed by atoms with Gasteiger partial charge in [-0.1, -0.05) is 23.9 Å². The average Bonchev–Trinajstić information content (AvgIpc) is 2.64. The van der Waals surface area contributed by atoms with Crippen molar-refractivity contribution in [1.82, 2.24) is 15.4 Å². The molecule has 8 nitrogen and oxygen atoms in total. The molecular formula is C13H11N5O3S. The first-order chi connectivity index (χ1) is 10.6. The molecule has 22 heavy (non-hydrogen) atoms. The SMILES string of the molecule is Nc1cc(=O)[nH]c(SCC2=NNC(=O)c3ccccc3O2)n1. The van der Waals surface area contributed by atoms with E-state index in [1.807, 2.05) is 0 Å². The number of rotatable bonds is 3. The van der Waals surface area contributed by atoms with Crippen molar-refractivity contribution in [3.8, 4) is 5.75 Å². The molecule has 0 radical (unpaired) electrons. The number of ether oxygens (including phenoxy) is 1. The summed E-state index contributed by atoms with van der Waals surface area (Å²) in [5, 5.41) is 4.25. The number of anilines is 1. The lowest BCUT2D eigenvalue weighted by molar-refractivity contribution is 0.0955. The maximum absolute atomic E-state index is 11.8. The van der Waals surface area contributed by atoms with Gasteiger partial charge in [0.25, 0.3) is 11.5 Å². The minimum Gasteiger partial charge on any atom is -0.440 e. The number of hydrogen-bond donors (Lipinski definition) is 3. The van der Waals surface area contributed by atoms with Gasteiger partial charge < -0.3 is 15.5 Å². The van der Waals surface area contributed by atoms with Gasteiger partial charge in [-0.25, -0.2) is 10.4 Å². The second kappa shape index (κ2) is 5.90. The fraction of sp³-hybridized carbons (Fsp3) is 0.0769. The molecular weight excluding hydrogens is 306 g/mol. The Morgan fingerprint density at radius 2 is 2.09 bits per heavy atom. The largest absolute Gasteiger partial charge is 0.440 e. The number of nitrogen functional groups attached to an aromatic ring is 1. The molecule has 0 bridgehead atoms. The van der Waals surface area contributed by atoms with Crippen LogP contribution in [0.1, 0.15) is 10.4 Å². The van der Waals surface area contributed by atoms with E-state index < -0.39 is 0 Å². The third kappa shape index (κ3) is 3.09. The van der Waals surface area contributed by atoms with Gasteiger partial charge in [0.1, 0.15) is 11.6 Å². The molecule has 1 aromatic carbocycles. The van der Waals surface area contributed by atoms with Crippen molar-refractivity contribution in [2.45, 2.75) is 5.16 Å². The number of para-hydroxylation sites is 1. The number of H-pyrrole nitrogens is 1. The Morgan fingerprint density at radius 1 is 1.27 bits per heavy atom. The predicted molar refractivity (Wildman–Crippen MR) is 82.0 cm³/mol. The Labute approximate surface area is 128 Å². The molecule has 4 N–H and O–H groups in total. The van der Waals surface area contributed by atoms with Crippen LogP contribution in [0, 0.1) is 0 Å². The highest BCUT2D eigenvalue weighted by molar-refractivity contribution is 7.99. The highest BCUT2D eigenvalue weighted by Crippen LogP contribution is 2.21. The second-order valence-corrected chi connectivity index (χ2v) is 5.27. The van der Waals surface area contributed by atoms with Crippen molar-refractivity contribution in [1.29, 1.82) is 0 Å². The van der Waals surface area contributed by atoms with E-state index in [4.69, 9.17) is 10.5 Å². The van der Waals surface area contributed by atoms with Crippen LogP contribution < -0.4 is 21.5 Å². The van der Waals surface area contributed by atoms with Crippen LogP contribution in [-0.4, -0.2) is 27.5 Å². The Kier molecular flexibility index (Phi) is 3.79. The Morgan fingerprint density at radius 3 is 2.91 bits per heavy atom. The van der Waals surface area contributed by atoms with Crippen molar-refractivity contribution >= 4 is 29.4 Å². The maximum atomic E-state index is 11.8. The molecule has 0 saturated heterocycles. The monoisotopic (exact) mass is 317 g/mol. The lowest BCUT2D eigenvalue weighted by atomic mass is 10.2. The standard InChI is InChI=1S/C13H11N5O3S/c14-9-5-10(19)16-13(15-9)22-6-11-17-18-12(20)7-3-1-2-4-8(7)21-11/h1-5H,6H2,(H,18,20)(H3,14,15,16,19). The Bertz CT molecular complexity index is 817. The molecule has 0 atom stereocenters. The number of nitrogens with two attached hydrogens (primary N) is 1. The number of benzene rings is 1. The van der Waals surface area contributed by atoms with Gasteiger partial charge in [0, 0.05) is 6.07 Å². The normalized spacial score (nSPS) is 13.5. The molecule has 1 aliphatic heterocycles. The third-order valence-corrected chi connectivity index (χ3v) is 3.57. The zero-order valence-corrected chi connectivity index (χ0v) is 12.0. The molecule has 1 aromatic heterocycles. The number of hydrazone groups is 1. The first-order valence-corrected chi connectivity index (χ1v) is 7.24. The van der Waals surface area contributed by atoms with Crippen LogP contribution in [0.2, 0.25) is 0 Å². The van der Waals surface area contributed by atoms with E-state index in [1.165, 1.54) is 17.8 Å². The summed E-state index contributed by atoms with van der Waals surface area (Å²) in [4.78, 5) is 29.7. The van der Waals surface area contributed by atoms with Gasteiger partial charge in [-0.05, 0) is 12.1 Å². The number of nitrogens with zero attached hydrogens (tertiary/aromatic N) is 2. The van der Waals surface area contributed by atoms with E-state index in [2.05, 4.69) is 20.5 Å². The predicted octanol–water partition coefficient (Wildman–Crippen LogP) is 0.580. The van der Waals surface area contributed by atoms with Crippen LogP contribution >= 0.6 is 11.8 Å². The van der Waals surface area contributed by atoms with Gasteiger partial charge in [-0.3, -0.25) is 9.59 Å². The van der Waals surface area contributed by atoms with E-state index in [9.17, 15) is 9.59 Å². The van der Waals surface area contributed by atoms with Crippen molar-refractivity contribution in [2.24, 2.45) is 5.10 Å². The molecule has 0 spiro atoms. The Hall–Kier alpha value is -2.81. The molecule has 0 aliphatic carbocycles. The van der Waals surface area contributed by atoms with Crippen molar-refractivity contribution < 1.29 is 9.53 Å². The van der Waals surface area contributed by atoms with E-state index in [1.54, 1.807) is 24.3 Å². The number of aromatic amines is 1. The van der Waals surface area contributed by atoms with Gasteiger partial charge in [-0.15, -0.1) is 5.10 Å². The van der Waals surface area contributed by atoms with Gasteiger partial charge in [0.2, 0.25) is 5.90 Å². The van der Waals surface area contributed by atoms with Gasteiger partial charge in [-0.2, -0.15) is 0 Å². The van der Waals surface area contributed by atoms with Crippen LogP contribution in [0.5, 0.6) is 5.75 Å². The number of carbonyl (C=O) groups is 1. The quantitative estimate of drug-likeness (QED) is 0.562. The number of fused-ring (bicyclic) bond motifs is 1. The van der Waals surface area contributed by atoms with Crippen molar-refractivity contribution in [3.63, 3.8) is 0 Å². The van der Waals surface area contributed by atoms with Gasteiger partial charge in [0.15, 0.2) is 5.16 Å². The molecule has 0 fully saturated rings. The molecule has 0 saturated carbocycles. The second-order valence-electron chi connectivity index (χ2n) is 4.31. The molecule has 2 heterocycles. The fourth-order valence-corrected chi connectivity index (χ4v) is 2.51. The summed E-state index contributed by atoms with van der Waals surface area (Å²) < 4.78 is 5.60. The molecule has 112 valence electrons. The van der Waals surface area contributed by atoms with E-state index in [0.29, 0.717) is 16.5 Å². The van der Waals surface area contributed by atoms with Crippen molar-refractivity contribution in [3.05, 3.63) is 46.2 Å². The summed E-state index contributed by atoms with van der Waals surface area (Å²) in [6.07, 6.45) is 0. The zero-order valence-electron chi connectivity index (χ0n) is 11.2. The summed E-state index contributed by atoms with van der Waals surface area (Å²) in [5.41, 5.74) is 7.98. The number of aromatic nitrogens is 2. The Balaban J connectivity index is 1.76. The third-order valence-electron chi connectivity index (χ3n) is 2.71. The molecule has 2 aromatic rings. The summed E-state index contributed by atoms with van der Waals surface area (Å²) >= 11 is 1.19. The molecule has 0 unspecified atom stereocenters. The van der Waals surface area contributed by atoms with Crippen molar-refractivity contribution in [2.75, 3.05) is 11.5 Å². The van der Waals surface area contributed by atoms with Crippen LogP contribution in [-0.2, 0) is 0 Å². The number of nitrogens with one attached hydrogen (secondary N) is 2. The van der Waals surface area contributed by atoms with Crippen LogP contribution in [0.15, 0.2) is 45.4 Å². The number of thioether (sulfide) groups is 1. The topological polar surface area (TPSA) is 122 Å². The van der Waals surface area contributed by atoms with E-state index in [0.717, 1.165) is 0 Å². The van der Waals surface area contributed by atoms with Crippen LogP contribution in [0.25, 0.3) is 0 Å². The summed E-state index contributed by atoms with van der Waals surface area (Å²) in [6.45, 7) is 0. The molecule has 3 rings (SSSR count). The lowest BCUT2D eigenvalue weighted by Gasteiger charge is -2.07. The maximum Gasteiger partial charge on any atom is 0.275 e. The smallest absolute Gasteiger partial charge is 0.275 e. The number of amides is 1. The fourth-order valence-electron chi connectivity index (χ4n) is 1.78. The average molecular weight is 317 g/mol. The number of hydrogen-bond acceptors (Lipinski definition) is 7. The van der Waals surface area contributed by atoms with Gasteiger partial charge in [0.05, 0.1) is 11.3 Å². The molecule has 1 aliphatic rings. The van der Waals surface area contributed by atoms with Crippen LogP contribution in [0.4, 0.5) is 5.82 Å². The highest BCUT2D eigenvalue weighted by atomic mass is 32.2. The highest BCUT2D eigenvalue weighted by Gasteiger charge is 2.18.